The molecule has 0 aromatic heterocycles. The molecule has 0 saturated heterocycles. The minimum atomic E-state index is -1.36. The Bertz CT molecular complexity index is 940. The fourth-order valence-electron chi connectivity index (χ4n) is 2.96. The molecular formula is C20H23N3O9. The number of benzene rings is 1. The van der Waals surface area contributed by atoms with Crippen LogP contribution in [-0.2, 0) is 23.9 Å². The van der Waals surface area contributed by atoms with E-state index in [4.69, 9.17) is 20.1 Å². The van der Waals surface area contributed by atoms with Crippen LogP contribution >= 0.6 is 0 Å². The lowest BCUT2D eigenvalue weighted by atomic mass is 10.1. The van der Waals surface area contributed by atoms with Crippen molar-refractivity contribution in [2.45, 2.75) is 18.9 Å². The number of hydrogen-bond acceptors (Lipinski definition) is 8. The molecule has 0 saturated carbocycles. The Kier molecular flexibility index (Phi) is 8.30. The van der Waals surface area contributed by atoms with Crippen molar-refractivity contribution in [2.75, 3.05) is 32.1 Å². The van der Waals surface area contributed by atoms with Crippen LogP contribution in [0.25, 0.3) is 0 Å². The first-order valence-corrected chi connectivity index (χ1v) is 9.52. The highest BCUT2D eigenvalue weighted by Gasteiger charge is 2.34. The molecule has 172 valence electrons. The number of anilines is 1. The summed E-state index contributed by atoms with van der Waals surface area (Å²) in [6.07, 6.45) is -0.688. The highest BCUT2D eigenvalue weighted by atomic mass is 16.5. The topological polar surface area (TPSA) is 183 Å². The number of nitrogens with zero attached hydrogens (tertiary/aromatic N) is 1. The Morgan fingerprint density at radius 2 is 1.81 bits per heavy atom. The SMILES string of the molecule is COC(=O)C1=C(Nc2ccc(C(=O)NC(CCC(=O)O)C(=O)O)cc2)C(=O)N(CCO)C1. The maximum atomic E-state index is 12.5. The van der Waals surface area contributed by atoms with Gasteiger partial charge in [0, 0.05) is 24.2 Å². The summed E-state index contributed by atoms with van der Waals surface area (Å²) in [6, 6.07) is 4.28. The maximum Gasteiger partial charge on any atom is 0.337 e. The van der Waals surface area contributed by atoms with Gasteiger partial charge in [-0.3, -0.25) is 14.4 Å². The normalized spacial score (nSPS) is 14.2. The average molecular weight is 449 g/mol. The molecule has 0 radical (unpaired) electrons. The molecule has 1 atom stereocenters. The summed E-state index contributed by atoms with van der Waals surface area (Å²) >= 11 is 0. The summed E-state index contributed by atoms with van der Waals surface area (Å²) in [5.41, 5.74) is 0.564. The molecule has 32 heavy (non-hydrogen) atoms. The number of esters is 1. The molecular weight excluding hydrogens is 426 g/mol. The first-order valence-electron chi connectivity index (χ1n) is 9.52. The predicted molar refractivity (Wildman–Crippen MR) is 109 cm³/mol. The number of aliphatic hydroxyl groups is 1. The zero-order valence-corrected chi connectivity index (χ0v) is 17.2. The predicted octanol–water partition coefficient (Wildman–Crippen LogP) is -0.592. The molecule has 0 aliphatic carbocycles. The first-order chi connectivity index (χ1) is 15.2. The molecule has 0 fully saturated rings. The molecule has 12 nitrogen and oxygen atoms in total. The second kappa shape index (κ2) is 10.9. The molecule has 2 rings (SSSR count). The van der Waals surface area contributed by atoms with Crippen molar-refractivity contribution in [3.63, 3.8) is 0 Å². The number of aliphatic hydroxyl groups excluding tert-OH is 1. The first kappa shape index (κ1) is 24.3. The van der Waals surface area contributed by atoms with Crippen LogP contribution in [0.2, 0.25) is 0 Å². The van der Waals surface area contributed by atoms with Crippen LogP contribution in [0.5, 0.6) is 0 Å². The summed E-state index contributed by atoms with van der Waals surface area (Å²) in [7, 11) is 1.18. The molecule has 12 heteroatoms. The van der Waals surface area contributed by atoms with E-state index in [0.717, 1.165) is 0 Å². The smallest absolute Gasteiger partial charge is 0.337 e. The van der Waals surface area contributed by atoms with Gasteiger partial charge in [-0.05, 0) is 30.7 Å². The third-order valence-corrected chi connectivity index (χ3v) is 4.62. The number of nitrogens with one attached hydrogen (secondary N) is 2. The summed E-state index contributed by atoms with van der Waals surface area (Å²) in [5, 5.41) is 32.0. The van der Waals surface area contributed by atoms with Crippen LogP contribution in [0, 0.1) is 0 Å². The van der Waals surface area contributed by atoms with Crippen molar-refractivity contribution >= 4 is 35.4 Å². The van der Waals surface area contributed by atoms with Gasteiger partial charge < -0.3 is 35.6 Å². The van der Waals surface area contributed by atoms with Gasteiger partial charge in [-0.15, -0.1) is 0 Å². The van der Waals surface area contributed by atoms with E-state index in [0.29, 0.717) is 5.69 Å². The number of carbonyl (C=O) groups is 5. The highest BCUT2D eigenvalue weighted by Crippen LogP contribution is 2.23. The Balaban J connectivity index is 2.13. The van der Waals surface area contributed by atoms with Gasteiger partial charge in [0.1, 0.15) is 11.7 Å². The quantitative estimate of drug-likeness (QED) is 0.274. The van der Waals surface area contributed by atoms with Gasteiger partial charge in [0.05, 0.1) is 25.8 Å². The van der Waals surface area contributed by atoms with Crippen molar-refractivity contribution in [1.82, 2.24) is 10.2 Å². The van der Waals surface area contributed by atoms with Crippen LogP contribution in [0.4, 0.5) is 5.69 Å². The number of carboxylic acids is 2. The van der Waals surface area contributed by atoms with Crippen molar-refractivity contribution < 1.29 is 44.0 Å². The number of methoxy groups -OCH3 is 1. The molecule has 5 N–H and O–H groups in total. The van der Waals surface area contributed by atoms with Gasteiger partial charge in [0.15, 0.2) is 0 Å². The molecule has 0 spiro atoms. The van der Waals surface area contributed by atoms with E-state index in [-0.39, 0.29) is 43.0 Å². The lowest BCUT2D eigenvalue weighted by molar-refractivity contribution is -0.141. The van der Waals surface area contributed by atoms with Crippen LogP contribution in [0.1, 0.15) is 23.2 Å². The number of ether oxygens (including phenoxy) is 1. The summed E-state index contributed by atoms with van der Waals surface area (Å²) in [6.45, 7) is -0.265. The Morgan fingerprint density at radius 1 is 1.16 bits per heavy atom. The van der Waals surface area contributed by atoms with Crippen LogP contribution in [0.15, 0.2) is 35.5 Å². The third-order valence-electron chi connectivity index (χ3n) is 4.62. The van der Waals surface area contributed by atoms with Gasteiger partial charge in [-0.1, -0.05) is 0 Å². The number of rotatable bonds is 11. The third kappa shape index (κ3) is 6.04. The zero-order chi connectivity index (χ0) is 23.8. The zero-order valence-electron chi connectivity index (χ0n) is 17.2. The number of β-amino-alcohol motifs (C(OH)–C–C–N with tert-alkyl or cyclic N) is 1. The fourth-order valence-corrected chi connectivity index (χ4v) is 2.96. The van der Waals surface area contributed by atoms with Crippen molar-refractivity contribution in [3.8, 4) is 0 Å². The van der Waals surface area contributed by atoms with Crippen molar-refractivity contribution in [1.29, 1.82) is 0 Å². The van der Waals surface area contributed by atoms with E-state index in [1.807, 2.05) is 0 Å². The second-order valence-electron chi connectivity index (χ2n) is 6.79. The average Bonchev–Trinajstić information content (AvgIpc) is 3.06. The monoisotopic (exact) mass is 449 g/mol. The molecule has 1 unspecified atom stereocenters. The molecule has 1 aliphatic heterocycles. The van der Waals surface area contributed by atoms with E-state index in [9.17, 15) is 24.0 Å². The maximum absolute atomic E-state index is 12.5. The number of carboxylic acid groups (broad SMARTS) is 2. The van der Waals surface area contributed by atoms with E-state index in [1.54, 1.807) is 0 Å². The lowest BCUT2D eigenvalue weighted by Crippen LogP contribution is -2.41. The summed E-state index contributed by atoms with van der Waals surface area (Å²) < 4.78 is 4.70. The van der Waals surface area contributed by atoms with Gasteiger partial charge in [-0.2, -0.15) is 0 Å². The Hall–Kier alpha value is -3.93. The molecule has 1 aromatic carbocycles. The van der Waals surface area contributed by atoms with Gasteiger partial charge in [-0.25, -0.2) is 9.59 Å². The fraction of sp³-hybridized carbons (Fsp3) is 0.350. The van der Waals surface area contributed by atoms with E-state index in [2.05, 4.69) is 10.6 Å². The lowest BCUT2D eigenvalue weighted by Gasteiger charge is -2.15. The molecule has 1 aromatic rings. The van der Waals surface area contributed by atoms with Gasteiger partial charge >= 0.3 is 17.9 Å². The Morgan fingerprint density at radius 3 is 2.34 bits per heavy atom. The van der Waals surface area contributed by atoms with Crippen molar-refractivity contribution in [2.24, 2.45) is 0 Å². The minimum absolute atomic E-state index is 0.0119. The van der Waals surface area contributed by atoms with Crippen LogP contribution in [0.3, 0.4) is 0 Å². The van der Waals surface area contributed by atoms with Gasteiger partial charge in [0.2, 0.25) is 0 Å². The molecule has 1 aliphatic rings. The summed E-state index contributed by atoms with van der Waals surface area (Å²) in [4.78, 5) is 60.0. The van der Waals surface area contributed by atoms with Crippen molar-refractivity contribution in [3.05, 3.63) is 41.1 Å². The van der Waals surface area contributed by atoms with E-state index < -0.39 is 42.2 Å². The highest BCUT2D eigenvalue weighted by molar-refractivity contribution is 6.08. The minimum Gasteiger partial charge on any atom is -0.481 e. The number of carbonyl (C=O) groups excluding carboxylic acids is 3. The second-order valence-corrected chi connectivity index (χ2v) is 6.79. The molecule has 2 amide bonds. The number of hydrogen-bond donors (Lipinski definition) is 5. The standard InChI is InChI=1S/C20H23N3O9/c1-32-20(31)13-10-23(8-9-24)18(28)16(13)21-12-4-2-11(3-5-12)17(27)22-14(19(29)30)6-7-15(25)26/h2-5,14,21,24H,6-10H2,1H3,(H,22,27)(H,25,26)(H,29,30). The van der Waals surface area contributed by atoms with Crippen LogP contribution < -0.4 is 10.6 Å². The van der Waals surface area contributed by atoms with E-state index >= 15 is 0 Å². The largest absolute Gasteiger partial charge is 0.481 e. The van der Waals surface area contributed by atoms with E-state index in [1.165, 1.54) is 36.3 Å². The number of amides is 2. The van der Waals surface area contributed by atoms with Crippen LogP contribution in [-0.4, -0.2) is 82.8 Å². The molecule has 0 bridgehead atoms. The summed E-state index contributed by atoms with van der Waals surface area (Å²) in [5.74, 6) is -4.44. The van der Waals surface area contributed by atoms with Gasteiger partial charge in [0.25, 0.3) is 11.8 Å². The molecule has 1 heterocycles. The Labute approximate surface area is 182 Å². The number of aliphatic carboxylic acids is 2.